The van der Waals surface area contributed by atoms with Gasteiger partial charge in [-0.1, -0.05) is 30.3 Å². The van der Waals surface area contributed by atoms with Gasteiger partial charge in [0.2, 0.25) is 0 Å². The smallest absolute Gasteiger partial charge is 0.416 e. The van der Waals surface area contributed by atoms with Crippen LogP contribution in [0.3, 0.4) is 0 Å². The van der Waals surface area contributed by atoms with Gasteiger partial charge in [-0.05, 0) is 41.8 Å². The number of pyridine rings is 1. The lowest BCUT2D eigenvalue weighted by Gasteiger charge is -2.14. The van der Waals surface area contributed by atoms with Gasteiger partial charge in [-0.25, -0.2) is 4.21 Å². The van der Waals surface area contributed by atoms with E-state index < -0.39 is 22.5 Å². The maximum atomic E-state index is 13.3. The Morgan fingerprint density at radius 3 is 2.31 bits per heavy atom. The van der Waals surface area contributed by atoms with Gasteiger partial charge in [-0.3, -0.25) is 4.98 Å². The number of benzene rings is 3. The summed E-state index contributed by atoms with van der Waals surface area (Å²) in [6.45, 7) is 0. The fraction of sp³-hybridized carbons (Fsp3) is 0.0455. The van der Waals surface area contributed by atoms with Gasteiger partial charge in [0, 0.05) is 33.8 Å². The molecule has 1 aromatic heterocycles. The van der Waals surface area contributed by atoms with Gasteiger partial charge in [-0.2, -0.15) is 13.2 Å². The molecule has 1 atom stereocenters. The maximum absolute atomic E-state index is 13.3. The van der Waals surface area contributed by atoms with Crippen LogP contribution in [0.25, 0.3) is 21.9 Å². The Labute approximate surface area is 166 Å². The van der Waals surface area contributed by atoms with Crippen molar-refractivity contribution < 1.29 is 22.5 Å². The van der Waals surface area contributed by atoms with E-state index in [0.29, 0.717) is 16.5 Å². The number of rotatable bonds is 3. The van der Waals surface area contributed by atoms with E-state index in [4.69, 9.17) is 0 Å². The second-order valence-corrected chi connectivity index (χ2v) is 7.77. The number of alkyl halides is 3. The van der Waals surface area contributed by atoms with Crippen LogP contribution < -0.4 is 0 Å². The van der Waals surface area contributed by atoms with Crippen molar-refractivity contribution >= 4 is 21.6 Å². The molecule has 4 aromatic rings. The molecule has 7 heteroatoms. The number of phenolic OH excluding ortho intramolecular Hbond substituents is 1. The molecule has 0 spiro atoms. The summed E-state index contributed by atoms with van der Waals surface area (Å²) in [5.41, 5.74) is 0.268. The van der Waals surface area contributed by atoms with Crippen molar-refractivity contribution in [3.8, 4) is 16.9 Å². The van der Waals surface area contributed by atoms with Gasteiger partial charge >= 0.3 is 6.18 Å². The van der Waals surface area contributed by atoms with E-state index in [2.05, 4.69) is 4.98 Å². The molecule has 0 aliphatic rings. The molecule has 0 bridgehead atoms. The highest BCUT2D eigenvalue weighted by molar-refractivity contribution is 7.85. The summed E-state index contributed by atoms with van der Waals surface area (Å²) in [6.07, 6.45) is -1.30. The third kappa shape index (κ3) is 3.61. The number of aromatic hydroxyl groups is 1. The number of nitrogens with zero attached hydrogens (tertiary/aromatic N) is 1. The second-order valence-electron chi connectivity index (χ2n) is 6.36. The number of phenols is 1. The number of hydrogen-bond donors (Lipinski definition) is 1. The molecule has 0 amide bonds. The zero-order valence-corrected chi connectivity index (χ0v) is 15.7. The standard InChI is InChI=1S/C22H14F3NO2S/c23-22(24,25)16-7-9-17(10-8-16)29(28)21-18-6-2-1-4-14(18)12-19(20(21)27)15-5-3-11-26-13-15/h1-13,27H. The van der Waals surface area contributed by atoms with E-state index in [-0.39, 0.29) is 15.5 Å². The SMILES string of the molecule is O=S(c1ccc(C(F)(F)F)cc1)c1c(O)c(-c2cccnc2)cc2ccccc12. The topological polar surface area (TPSA) is 50.2 Å². The van der Waals surface area contributed by atoms with Crippen LogP contribution in [0.4, 0.5) is 13.2 Å². The minimum Gasteiger partial charge on any atom is -0.506 e. The van der Waals surface area contributed by atoms with Gasteiger partial charge in [0.05, 0.1) is 21.3 Å². The summed E-state index contributed by atoms with van der Waals surface area (Å²) < 4.78 is 51.8. The van der Waals surface area contributed by atoms with Crippen LogP contribution in [-0.2, 0) is 17.0 Å². The van der Waals surface area contributed by atoms with Crippen LogP contribution in [0.5, 0.6) is 5.75 Å². The lowest BCUT2D eigenvalue weighted by molar-refractivity contribution is -0.137. The molecule has 29 heavy (non-hydrogen) atoms. The Balaban J connectivity index is 1.90. The van der Waals surface area contributed by atoms with Gasteiger partial charge < -0.3 is 5.11 Å². The van der Waals surface area contributed by atoms with Crippen molar-refractivity contribution in [2.24, 2.45) is 0 Å². The summed E-state index contributed by atoms with van der Waals surface area (Å²) >= 11 is 0. The van der Waals surface area contributed by atoms with E-state index in [9.17, 15) is 22.5 Å². The van der Waals surface area contributed by atoms with Crippen LogP contribution in [0.1, 0.15) is 5.56 Å². The van der Waals surface area contributed by atoms with Crippen LogP contribution in [0.15, 0.2) is 88.9 Å². The molecule has 0 saturated heterocycles. The van der Waals surface area contributed by atoms with E-state index in [1.54, 1.807) is 42.7 Å². The molecule has 0 saturated carbocycles. The fourth-order valence-corrected chi connectivity index (χ4v) is 4.41. The molecule has 0 aliphatic carbocycles. The molecule has 0 aliphatic heterocycles. The van der Waals surface area contributed by atoms with Gasteiger partial charge in [0.25, 0.3) is 0 Å². The molecule has 3 nitrogen and oxygen atoms in total. The largest absolute Gasteiger partial charge is 0.506 e. The van der Waals surface area contributed by atoms with Crippen LogP contribution in [0.2, 0.25) is 0 Å². The van der Waals surface area contributed by atoms with Gasteiger partial charge in [0.1, 0.15) is 5.75 Å². The summed E-state index contributed by atoms with van der Waals surface area (Å²) in [4.78, 5) is 4.38. The second kappa shape index (κ2) is 7.33. The Kier molecular flexibility index (Phi) is 4.84. The highest BCUT2D eigenvalue weighted by atomic mass is 32.2. The zero-order valence-electron chi connectivity index (χ0n) is 14.9. The molecule has 1 N–H and O–H groups in total. The summed E-state index contributed by atoms with van der Waals surface area (Å²) in [5, 5.41) is 12.3. The first-order chi connectivity index (χ1) is 13.9. The first kappa shape index (κ1) is 19.1. The molecule has 1 heterocycles. The van der Waals surface area contributed by atoms with Crippen LogP contribution >= 0.6 is 0 Å². The zero-order chi connectivity index (χ0) is 20.6. The number of halogens is 3. The van der Waals surface area contributed by atoms with E-state index in [1.165, 1.54) is 12.1 Å². The molecular formula is C22H14F3NO2S. The summed E-state index contributed by atoms with van der Waals surface area (Å²) in [6, 6.07) is 16.5. The lowest BCUT2D eigenvalue weighted by atomic mass is 10.0. The Hall–Kier alpha value is -3.19. The van der Waals surface area contributed by atoms with E-state index in [1.807, 2.05) is 12.1 Å². The van der Waals surface area contributed by atoms with Crippen molar-refractivity contribution in [1.82, 2.24) is 4.98 Å². The highest BCUT2D eigenvalue weighted by Crippen LogP contribution is 2.41. The third-order valence-electron chi connectivity index (χ3n) is 4.53. The van der Waals surface area contributed by atoms with E-state index >= 15 is 0 Å². The van der Waals surface area contributed by atoms with Gasteiger partial charge in [0.15, 0.2) is 0 Å². The van der Waals surface area contributed by atoms with Crippen molar-refractivity contribution in [3.63, 3.8) is 0 Å². The molecular weight excluding hydrogens is 399 g/mol. The maximum Gasteiger partial charge on any atom is 0.416 e. The minimum atomic E-state index is -4.48. The quantitative estimate of drug-likeness (QED) is 0.462. The Morgan fingerprint density at radius 2 is 1.66 bits per heavy atom. The molecule has 3 aromatic carbocycles. The average Bonchev–Trinajstić information content (AvgIpc) is 2.73. The molecule has 1 unspecified atom stereocenters. The predicted molar refractivity (Wildman–Crippen MR) is 105 cm³/mol. The van der Waals surface area contributed by atoms with Crippen molar-refractivity contribution in [2.75, 3.05) is 0 Å². The number of aromatic nitrogens is 1. The minimum absolute atomic E-state index is 0.154. The monoisotopic (exact) mass is 413 g/mol. The third-order valence-corrected chi connectivity index (χ3v) is 6.01. The predicted octanol–water partition coefficient (Wildman–Crippen LogP) is 5.79. The van der Waals surface area contributed by atoms with Gasteiger partial charge in [-0.15, -0.1) is 0 Å². The molecule has 0 fully saturated rings. The number of hydrogen-bond acceptors (Lipinski definition) is 3. The molecule has 4 rings (SSSR count). The number of fused-ring (bicyclic) bond motifs is 1. The fourth-order valence-electron chi connectivity index (χ4n) is 3.12. The summed E-state index contributed by atoms with van der Waals surface area (Å²) in [7, 11) is -1.89. The van der Waals surface area contributed by atoms with Crippen LogP contribution in [0, 0.1) is 0 Å². The average molecular weight is 413 g/mol. The van der Waals surface area contributed by atoms with Crippen LogP contribution in [-0.4, -0.2) is 14.3 Å². The van der Waals surface area contributed by atoms with Crippen molar-refractivity contribution in [3.05, 3.63) is 84.7 Å². The molecule has 0 radical (unpaired) electrons. The summed E-state index contributed by atoms with van der Waals surface area (Å²) in [5.74, 6) is -0.185. The first-order valence-corrected chi connectivity index (χ1v) is 9.75. The van der Waals surface area contributed by atoms with Crippen molar-refractivity contribution in [1.29, 1.82) is 0 Å². The van der Waals surface area contributed by atoms with Crippen molar-refractivity contribution in [2.45, 2.75) is 16.0 Å². The normalized spacial score (nSPS) is 12.8. The lowest BCUT2D eigenvalue weighted by Crippen LogP contribution is -2.05. The Morgan fingerprint density at radius 1 is 0.931 bits per heavy atom. The first-order valence-electron chi connectivity index (χ1n) is 8.60. The Bertz CT molecular complexity index is 1210. The molecule has 146 valence electrons. The van der Waals surface area contributed by atoms with E-state index in [0.717, 1.165) is 17.5 Å². The highest BCUT2D eigenvalue weighted by Gasteiger charge is 2.30.